The number of nitrogens with one attached hydrogen (secondary N) is 1. The van der Waals surface area contributed by atoms with Crippen LogP contribution < -0.4 is 15.8 Å². The molecule has 0 aliphatic carbocycles. The fraction of sp³-hybridized carbons (Fsp3) is 0.294. The van der Waals surface area contributed by atoms with Gasteiger partial charge in [0.2, 0.25) is 11.8 Å². The van der Waals surface area contributed by atoms with Crippen molar-refractivity contribution in [2.24, 2.45) is 5.73 Å². The minimum Gasteiger partial charge on any atom is -0.426 e. The number of carbonyl (C=O) groups is 3. The van der Waals surface area contributed by atoms with Gasteiger partial charge in [-0.2, -0.15) is 0 Å². The Labute approximate surface area is 150 Å². The van der Waals surface area contributed by atoms with Crippen molar-refractivity contribution in [3.63, 3.8) is 0 Å². The van der Waals surface area contributed by atoms with Crippen LogP contribution in [0.25, 0.3) is 10.9 Å². The number of benzene rings is 1. The summed E-state index contributed by atoms with van der Waals surface area (Å²) in [6, 6.07) is 6.98. The van der Waals surface area contributed by atoms with Gasteiger partial charge in [0.25, 0.3) is 0 Å². The second-order valence-corrected chi connectivity index (χ2v) is 5.70. The molecule has 2 heterocycles. The van der Waals surface area contributed by atoms with E-state index in [1.807, 2.05) is 13.0 Å². The van der Waals surface area contributed by atoms with E-state index in [4.69, 9.17) is 10.5 Å². The van der Waals surface area contributed by atoms with E-state index in [-0.39, 0.29) is 36.7 Å². The molecule has 1 fully saturated rings. The molecule has 132 valence electrons. The zero-order valence-electron chi connectivity index (χ0n) is 13.6. The lowest BCUT2D eigenvalue weighted by Crippen LogP contribution is -2.39. The van der Waals surface area contributed by atoms with Crippen LogP contribution in [0.2, 0.25) is 0 Å². The molecule has 1 aromatic carbocycles. The Bertz CT molecular complexity index is 853. The van der Waals surface area contributed by atoms with Gasteiger partial charge < -0.3 is 10.5 Å². The van der Waals surface area contributed by atoms with Gasteiger partial charge in [0, 0.05) is 23.6 Å². The number of hydrogen-bond acceptors (Lipinski definition) is 6. The molecule has 25 heavy (non-hydrogen) atoms. The smallest absolute Gasteiger partial charge is 0.325 e. The van der Waals surface area contributed by atoms with E-state index in [1.54, 1.807) is 18.2 Å². The number of aromatic nitrogens is 1. The highest BCUT2D eigenvalue weighted by Gasteiger charge is 2.29. The lowest BCUT2D eigenvalue weighted by molar-refractivity contribution is -0.134. The van der Waals surface area contributed by atoms with Gasteiger partial charge in [-0.1, -0.05) is 0 Å². The van der Waals surface area contributed by atoms with E-state index in [0.717, 1.165) is 10.9 Å². The first-order chi connectivity index (χ1) is 11.5. The molecule has 0 radical (unpaired) electrons. The van der Waals surface area contributed by atoms with Gasteiger partial charge in [-0.05, 0) is 37.1 Å². The van der Waals surface area contributed by atoms with Crippen LogP contribution in [0.1, 0.15) is 30.0 Å². The number of esters is 1. The van der Waals surface area contributed by atoms with Crippen LogP contribution in [-0.2, 0) is 14.4 Å². The average Bonchev–Trinajstić information content (AvgIpc) is 2.54. The molecule has 0 saturated carbocycles. The fourth-order valence-electron chi connectivity index (χ4n) is 2.84. The topological polar surface area (TPSA) is 111 Å². The minimum atomic E-state index is -0.522. The first-order valence-corrected chi connectivity index (χ1v) is 7.63. The molecule has 2 amide bonds. The van der Waals surface area contributed by atoms with Gasteiger partial charge >= 0.3 is 5.97 Å². The van der Waals surface area contributed by atoms with Crippen molar-refractivity contribution in [1.82, 2.24) is 10.3 Å². The third-order valence-corrected chi connectivity index (χ3v) is 4.03. The maximum Gasteiger partial charge on any atom is 0.325 e. The standard InChI is InChI=1S/C17H17N3O4.ClH/c1-9-13(12-4-5-15(21)20-17(12)23)6-10-2-3-11(7-14(10)19-9)24-16(22)8-18;/h2-3,6-7,12H,4-5,8,18H2,1H3,(H,20,21,23);1H. The maximum absolute atomic E-state index is 12.1. The lowest BCUT2D eigenvalue weighted by atomic mass is 9.89. The summed E-state index contributed by atoms with van der Waals surface area (Å²) in [5, 5.41) is 3.19. The van der Waals surface area contributed by atoms with Crippen LogP contribution >= 0.6 is 12.4 Å². The van der Waals surface area contributed by atoms with E-state index in [0.29, 0.717) is 29.8 Å². The normalized spacial score (nSPS) is 17.0. The Morgan fingerprint density at radius 2 is 2.12 bits per heavy atom. The average molecular weight is 364 g/mol. The number of nitrogens with zero attached hydrogens (tertiary/aromatic N) is 1. The number of nitrogens with two attached hydrogens (primary N) is 1. The molecule has 7 nitrogen and oxygen atoms in total. The third-order valence-electron chi connectivity index (χ3n) is 4.03. The van der Waals surface area contributed by atoms with Crippen molar-refractivity contribution in [3.05, 3.63) is 35.5 Å². The summed E-state index contributed by atoms with van der Waals surface area (Å²) in [4.78, 5) is 39.2. The second-order valence-electron chi connectivity index (χ2n) is 5.70. The van der Waals surface area contributed by atoms with Crippen LogP contribution in [-0.4, -0.2) is 29.3 Å². The predicted octanol–water partition coefficient (Wildman–Crippen LogP) is 1.35. The van der Waals surface area contributed by atoms with Crippen LogP contribution in [0.4, 0.5) is 0 Å². The quantitative estimate of drug-likeness (QED) is 0.483. The molecular weight excluding hydrogens is 346 g/mol. The summed E-state index contributed by atoms with van der Waals surface area (Å²) in [5.74, 6) is -1.06. The van der Waals surface area contributed by atoms with E-state index in [9.17, 15) is 14.4 Å². The van der Waals surface area contributed by atoms with Crippen molar-refractivity contribution in [1.29, 1.82) is 0 Å². The Morgan fingerprint density at radius 3 is 2.80 bits per heavy atom. The zero-order valence-corrected chi connectivity index (χ0v) is 14.4. The zero-order chi connectivity index (χ0) is 17.3. The highest BCUT2D eigenvalue weighted by molar-refractivity contribution is 6.01. The second kappa shape index (κ2) is 7.58. The third kappa shape index (κ3) is 3.94. The molecule has 1 aliphatic rings. The SMILES string of the molecule is Cc1nc2cc(OC(=O)CN)ccc2cc1C1CCC(=O)NC1=O.Cl. The summed E-state index contributed by atoms with van der Waals surface area (Å²) in [6.07, 6.45) is 0.798. The number of rotatable bonds is 3. The first-order valence-electron chi connectivity index (χ1n) is 7.63. The number of amides is 2. The molecule has 1 aromatic heterocycles. The molecule has 1 unspecified atom stereocenters. The fourth-order valence-corrected chi connectivity index (χ4v) is 2.84. The van der Waals surface area contributed by atoms with Gasteiger partial charge in [-0.3, -0.25) is 24.7 Å². The predicted molar refractivity (Wildman–Crippen MR) is 93.5 cm³/mol. The van der Waals surface area contributed by atoms with E-state index in [1.165, 1.54) is 0 Å². The summed E-state index contributed by atoms with van der Waals surface area (Å²) in [7, 11) is 0. The monoisotopic (exact) mass is 363 g/mol. The number of piperidine rings is 1. The van der Waals surface area contributed by atoms with Crippen LogP contribution in [0.5, 0.6) is 5.75 Å². The highest BCUT2D eigenvalue weighted by atomic mass is 35.5. The molecule has 1 aliphatic heterocycles. The Balaban J connectivity index is 0.00000225. The number of carbonyl (C=O) groups excluding carboxylic acids is 3. The molecule has 1 atom stereocenters. The molecule has 2 aromatic rings. The largest absolute Gasteiger partial charge is 0.426 e. The van der Waals surface area contributed by atoms with Gasteiger partial charge in [-0.15, -0.1) is 12.4 Å². The highest BCUT2D eigenvalue weighted by Crippen LogP contribution is 2.30. The molecule has 0 spiro atoms. The Hall–Kier alpha value is -2.51. The molecule has 8 heteroatoms. The van der Waals surface area contributed by atoms with Crippen LogP contribution in [0.3, 0.4) is 0 Å². The first kappa shape index (κ1) is 18.8. The number of ether oxygens (including phenoxy) is 1. The Morgan fingerprint density at radius 1 is 1.36 bits per heavy atom. The molecular formula is C17H18ClN3O4. The van der Waals surface area contributed by atoms with Gasteiger partial charge in [0.05, 0.1) is 18.0 Å². The molecule has 0 bridgehead atoms. The van der Waals surface area contributed by atoms with E-state index >= 15 is 0 Å². The lowest BCUT2D eigenvalue weighted by Gasteiger charge is -2.22. The number of hydrogen-bond donors (Lipinski definition) is 2. The van der Waals surface area contributed by atoms with Gasteiger partial charge in [0.1, 0.15) is 5.75 Å². The minimum absolute atomic E-state index is 0. The molecule has 3 rings (SSSR count). The van der Waals surface area contributed by atoms with Crippen molar-refractivity contribution >= 4 is 41.1 Å². The van der Waals surface area contributed by atoms with E-state index in [2.05, 4.69) is 10.3 Å². The molecule has 1 saturated heterocycles. The Kier molecular flexibility index (Phi) is 5.71. The van der Waals surface area contributed by atoms with Crippen molar-refractivity contribution < 1.29 is 19.1 Å². The van der Waals surface area contributed by atoms with Crippen molar-refractivity contribution in [2.75, 3.05) is 6.54 Å². The van der Waals surface area contributed by atoms with Crippen LogP contribution in [0, 0.1) is 6.92 Å². The summed E-state index contributed by atoms with van der Waals surface area (Å²) in [5.41, 5.74) is 7.40. The van der Waals surface area contributed by atoms with Crippen LogP contribution in [0.15, 0.2) is 24.3 Å². The number of aryl methyl sites for hydroxylation is 1. The van der Waals surface area contributed by atoms with Crippen molar-refractivity contribution in [2.45, 2.75) is 25.7 Å². The van der Waals surface area contributed by atoms with Crippen molar-refractivity contribution in [3.8, 4) is 5.75 Å². The summed E-state index contributed by atoms with van der Waals surface area (Å²) >= 11 is 0. The molecule has 3 N–H and O–H groups in total. The number of fused-ring (bicyclic) bond motifs is 1. The number of halogens is 1. The van der Waals surface area contributed by atoms with E-state index < -0.39 is 5.97 Å². The van der Waals surface area contributed by atoms with Gasteiger partial charge in [-0.25, -0.2) is 0 Å². The number of pyridine rings is 1. The summed E-state index contributed by atoms with van der Waals surface area (Å²) < 4.78 is 5.08. The van der Waals surface area contributed by atoms with Gasteiger partial charge in [0.15, 0.2) is 0 Å². The number of imide groups is 1. The maximum atomic E-state index is 12.1. The summed E-state index contributed by atoms with van der Waals surface area (Å²) in [6.45, 7) is 1.62.